The van der Waals surface area contributed by atoms with Gasteiger partial charge in [-0.3, -0.25) is 0 Å². The first kappa shape index (κ1) is 40.9. The molecule has 5 aliphatic carbocycles. The highest BCUT2D eigenvalue weighted by Crippen LogP contribution is 2.66. The van der Waals surface area contributed by atoms with Crippen molar-refractivity contribution >= 4 is 33.8 Å². The van der Waals surface area contributed by atoms with Crippen LogP contribution >= 0.6 is 0 Å². The van der Waals surface area contributed by atoms with Gasteiger partial charge in [-0.25, -0.2) is 0 Å². The average Bonchev–Trinajstić information content (AvgIpc) is 4.03. The summed E-state index contributed by atoms with van der Waals surface area (Å²) < 4.78 is 98.7. The molecule has 0 aromatic heterocycles. The van der Waals surface area contributed by atoms with Gasteiger partial charge in [-0.2, -0.15) is 26.3 Å². The number of nitrogens with zero attached hydrogens (tertiary/aromatic N) is 1. The van der Waals surface area contributed by atoms with Gasteiger partial charge in [0.05, 0.1) is 22.2 Å². The van der Waals surface area contributed by atoms with Crippen LogP contribution in [0.5, 0.6) is 5.75 Å². The maximum Gasteiger partial charge on any atom is 0.416 e. The Morgan fingerprint density at radius 3 is 2.00 bits per heavy atom. The van der Waals surface area contributed by atoms with E-state index in [0.717, 1.165) is 73.9 Å². The molecule has 0 radical (unpaired) electrons. The zero-order chi connectivity index (χ0) is 46.5. The molecular formula is C60H41F6NO. The molecule has 1 spiro atoms. The van der Waals surface area contributed by atoms with Crippen LogP contribution in [0, 0.1) is 0 Å². The van der Waals surface area contributed by atoms with E-state index in [1.54, 1.807) is 0 Å². The second-order valence-electron chi connectivity index (χ2n) is 19.2. The van der Waals surface area contributed by atoms with Crippen LogP contribution in [0.25, 0.3) is 39.0 Å². The van der Waals surface area contributed by atoms with E-state index in [1.165, 1.54) is 24.3 Å². The average molecular weight is 906 g/mol. The van der Waals surface area contributed by atoms with Gasteiger partial charge < -0.3 is 9.64 Å². The Morgan fingerprint density at radius 2 is 1.22 bits per heavy atom. The van der Waals surface area contributed by atoms with E-state index in [0.29, 0.717) is 57.6 Å². The molecule has 0 saturated heterocycles. The molecule has 2 atom stereocenters. The second kappa shape index (κ2) is 14.1. The van der Waals surface area contributed by atoms with Crippen LogP contribution in [0.1, 0.15) is 88.7 Å². The fraction of sp³-hybridized carbons (Fsp3) is 0.167. The van der Waals surface area contributed by atoms with Gasteiger partial charge in [0.2, 0.25) is 0 Å². The van der Waals surface area contributed by atoms with Crippen molar-refractivity contribution in [2.24, 2.45) is 0 Å². The Kier molecular flexibility index (Phi) is 8.49. The van der Waals surface area contributed by atoms with Crippen LogP contribution in [-0.2, 0) is 23.2 Å². The van der Waals surface area contributed by atoms with Crippen molar-refractivity contribution in [3.05, 3.63) is 231 Å². The molecule has 7 aromatic rings. The molecule has 68 heavy (non-hydrogen) atoms. The standard InChI is InChI=1S/C60H41F6NO/c1-57(2)46-17-7-3-12-40(46)43-29-27-38(33-49(43)57)67(37-25-22-34(23-26-37)39-16-11-21-54-55(39)45-15-6-10-20-53(45)68-54)52-32-36(60(64,65)66)31-51-56(52)44-28-24-35(59(61,62)63)30-50(44)58(51)47-18-8-4-13-41(47)42-14-5-9-19-48(42)58/h3-4,6-13,15-20,22-33,54H,5,14,21H2,1-2H3. The highest BCUT2D eigenvalue weighted by Gasteiger charge is 2.55. The second-order valence-corrected chi connectivity index (χ2v) is 19.2. The maximum absolute atomic E-state index is 15.8. The molecule has 0 N–H and O–H groups in total. The summed E-state index contributed by atoms with van der Waals surface area (Å²) in [5.41, 5.74) is 10.9. The van der Waals surface area contributed by atoms with Crippen LogP contribution in [0.2, 0.25) is 0 Å². The maximum atomic E-state index is 15.8. The normalized spacial score (nSPS) is 19.8. The third-order valence-electron chi connectivity index (χ3n) is 15.3. The first-order valence-electron chi connectivity index (χ1n) is 23.0. The molecule has 1 aliphatic heterocycles. The number of para-hydroxylation sites is 1. The molecule has 0 bridgehead atoms. The highest BCUT2D eigenvalue weighted by atomic mass is 19.4. The number of halogens is 6. The molecule has 2 unspecified atom stereocenters. The Morgan fingerprint density at radius 1 is 0.559 bits per heavy atom. The third kappa shape index (κ3) is 5.60. The fourth-order valence-electron chi connectivity index (χ4n) is 12.4. The molecule has 0 fully saturated rings. The number of fused-ring (bicyclic) bond motifs is 15. The zero-order valence-electron chi connectivity index (χ0n) is 37.0. The number of ether oxygens (including phenoxy) is 1. The van der Waals surface area contributed by atoms with Crippen LogP contribution in [-0.4, -0.2) is 6.10 Å². The highest BCUT2D eigenvalue weighted by molar-refractivity contribution is 6.04. The van der Waals surface area contributed by atoms with E-state index < -0.39 is 34.3 Å². The lowest BCUT2D eigenvalue weighted by atomic mass is 9.68. The number of anilines is 3. The summed E-state index contributed by atoms with van der Waals surface area (Å²) in [6.07, 6.45) is 0.507. The number of allylic oxidation sites excluding steroid dienone is 6. The van der Waals surface area contributed by atoms with Crippen LogP contribution in [0.3, 0.4) is 0 Å². The van der Waals surface area contributed by atoms with E-state index in [9.17, 15) is 13.2 Å². The summed E-state index contributed by atoms with van der Waals surface area (Å²) in [5, 5.41) is 0. The van der Waals surface area contributed by atoms with Gasteiger partial charge in [-0.05, 0) is 140 Å². The molecule has 1 heterocycles. The van der Waals surface area contributed by atoms with Crippen molar-refractivity contribution in [2.45, 2.75) is 62.4 Å². The number of alkyl halides is 6. The van der Waals surface area contributed by atoms with E-state index in [4.69, 9.17) is 4.74 Å². The first-order valence-corrected chi connectivity index (χ1v) is 23.0. The summed E-state index contributed by atoms with van der Waals surface area (Å²) in [5.74, 6) is 0.827. The first-order chi connectivity index (χ1) is 32.7. The quantitative estimate of drug-likeness (QED) is 0.163. The van der Waals surface area contributed by atoms with Crippen molar-refractivity contribution < 1.29 is 31.1 Å². The third-order valence-corrected chi connectivity index (χ3v) is 15.3. The minimum Gasteiger partial charge on any atom is -0.485 e. The summed E-state index contributed by atoms with van der Waals surface area (Å²) >= 11 is 0. The Labute approximate surface area is 389 Å². The van der Waals surface area contributed by atoms with Crippen molar-refractivity contribution in [1.82, 2.24) is 0 Å². The number of rotatable bonds is 4. The monoisotopic (exact) mass is 905 g/mol. The number of hydrogen-bond acceptors (Lipinski definition) is 2. The van der Waals surface area contributed by atoms with Gasteiger partial charge in [0.1, 0.15) is 11.9 Å². The van der Waals surface area contributed by atoms with Gasteiger partial charge in [-0.15, -0.1) is 0 Å². The number of benzene rings is 7. The van der Waals surface area contributed by atoms with Gasteiger partial charge in [0, 0.05) is 39.9 Å². The molecule has 7 aromatic carbocycles. The minimum absolute atomic E-state index is 0.143. The topological polar surface area (TPSA) is 12.5 Å². The van der Waals surface area contributed by atoms with E-state index >= 15 is 13.2 Å². The van der Waals surface area contributed by atoms with Gasteiger partial charge in [0.15, 0.2) is 0 Å². The summed E-state index contributed by atoms with van der Waals surface area (Å²) in [4.78, 5) is 1.88. The Bertz CT molecular complexity index is 3470. The Balaban J connectivity index is 1.10. The van der Waals surface area contributed by atoms with E-state index in [1.807, 2.05) is 108 Å². The largest absolute Gasteiger partial charge is 0.485 e. The summed E-state index contributed by atoms with van der Waals surface area (Å²) in [6.45, 7) is 4.32. The lowest BCUT2D eigenvalue weighted by Gasteiger charge is -2.34. The van der Waals surface area contributed by atoms with Gasteiger partial charge in [0.25, 0.3) is 0 Å². The molecule has 0 amide bonds. The molecule has 2 nitrogen and oxygen atoms in total. The van der Waals surface area contributed by atoms with Gasteiger partial charge in [-0.1, -0.05) is 129 Å². The molecular weight excluding hydrogens is 865 g/mol. The molecule has 6 aliphatic rings. The predicted octanol–water partition coefficient (Wildman–Crippen LogP) is 16.6. The summed E-state index contributed by atoms with van der Waals surface area (Å²) in [6, 6.07) is 43.9. The van der Waals surface area contributed by atoms with Crippen molar-refractivity contribution in [3.63, 3.8) is 0 Å². The van der Waals surface area contributed by atoms with Crippen molar-refractivity contribution in [1.29, 1.82) is 0 Å². The molecule has 13 rings (SSSR count). The summed E-state index contributed by atoms with van der Waals surface area (Å²) in [7, 11) is 0. The van der Waals surface area contributed by atoms with Crippen molar-refractivity contribution in [3.8, 4) is 28.0 Å². The lowest BCUT2D eigenvalue weighted by molar-refractivity contribution is -0.138. The van der Waals surface area contributed by atoms with Crippen LogP contribution in [0.15, 0.2) is 175 Å². The molecule has 0 saturated carbocycles. The fourth-order valence-corrected chi connectivity index (χ4v) is 12.4. The molecule has 8 heteroatoms. The number of hydrogen-bond donors (Lipinski definition) is 0. The van der Waals surface area contributed by atoms with Crippen LogP contribution in [0.4, 0.5) is 43.4 Å². The smallest absolute Gasteiger partial charge is 0.416 e. The Hall–Kier alpha value is -7.32. The van der Waals surface area contributed by atoms with Gasteiger partial charge >= 0.3 is 12.4 Å². The SMILES string of the molecule is CC1(C)c2ccccc2-c2ccc(N(c3ccc(C4=C5c6ccccc6OC5CC=C4)cc3)c3cc(C(F)(F)F)cc4c3-c3ccc(C(F)(F)F)cc3C43C4=C(CCC=C4)c4ccccc43)cc21. The zero-order valence-corrected chi connectivity index (χ0v) is 37.0. The van der Waals surface area contributed by atoms with E-state index in [2.05, 4.69) is 50.3 Å². The van der Waals surface area contributed by atoms with E-state index in [-0.39, 0.29) is 11.8 Å². The minimum atomic E-state index is -4.82. The molecule has 334 valence electrons. The van der Waals surface area contributed by atoms with Crippen molar-refractivity contribution in [2.75, 3.05) is 4.90 Å². The predicted molar refractivity (Wildman–Crippen MR) is 257 cm³/mol. The van der Waals surface area contributed by atoms with Crippen LogP contribution < -0.4 is 9.64 Å². The lowest BCUT2D eigenvalue weighted by Crippen LogP contribution is -2.28.